The summed E-state index contributed by atoms with van der Waals surface area (Å²) in [5, 5.41) is 0. The van der Waals surface area contributed by atoms with Gasteiger partial charge in [0.15, 0.2) is 0 Å². The van der Waals surface area contributed by atoms with E-state index >= 15 is 0 Å². The van der Waals surface area contributed by atoms with Gasteiger partial charge in [0.2, 0.25) is 10.0 Å². The molecule has 15 heavy (non-hydrogen) atoms. The minimum atomic E-state index is -3.39. The lowest BCUT2D eigenvalue weighted by Crippen LogP contribution is -2.27. The summed E-state index contributed by atoms with van der Waals surface area (Å²) in [6.45, 7) is 1.14. The summed E-state index contributed by atoms with van der Waals surface area (Å²) in [5.41, 5.74) is 0. The van der Waals surface area contributed by atoms with Crippen molar-refractivity contribution in [2.24, 2.45) is 0 Å². The summed E-state index contributed by atoms with van der Waals surface area (Å²) in [7, 11) is -3.39. The van der Waals surface area contributed by atoms with E-state index in [0.717, 1.165) is 12.8 Å². The zero-order chi connectivity index (χ0) is 10.9. The molecule has 1 aromatic carbocycles. The molecule has 0 amide bonds. The van der Waals surface area contributed by atoms with E-state index in [4.69, 9.17) is 0 Å². The Labute approximate surface area is 88.6 Å². The second-order valence-electron chi connectivity index (χ2n) is 3.57. The molecular weight excluding hydrogens is 216 g/mol. The number of rotatable bonds is 2. The predicted molar refractivity (Wildman–Crippen MR) is 54.4 cm³/mol. The summed E-state index contributed by atoms with van der Waals surface area (Å²) >= 11 is 0. The highest BCUT2D eigenvalue weighted by Crippen LogP contribution is 2.20. The molecule has 0 radical (unpaired) electrons. The molecule has 0 unspecified atom stereocenters. The molecular formula is C10H12FNO2S. The van der Waals surface area contributed by atoms with Crippen molar-refractivity contribution in [1.82, 2.24) is 4.31 Å². The highest BCUT2D eigenvalue weighted by atomic mass is 32.2. The van der Waals surface area contributed by atoms with Gasteiger partial charge in [0.25, 0.3) is 0 Å². The van der Waals surface area contributed by atoms with Gasteiger partial charge >= 0.3 is 0 Å². The van der Waals surface area contributed by atoms with Crippen molar-refractivity contribution in [2.45, 2.75) is 17.7 Å². The van der Waals surface area contributed by atoms with E-state index < -0.39 is 15.8 Å². The molecule has 0 aliphatic carbocycles. The molecule has 3 nitrogen and oxygen atoms in total. The monoisotopic (exact) mass is 228 g/mol. The second kappa shape index (κ2) is 3.90. The van der Waals surface area contributed by atoms with Crippen molar-refractivity contribution in [1.29, 1.82) is 0 Å². The van der Waals surface area contributed by atoms with Gasteiger partial charge in [0.1, 0.15) is 5.82 Å². The largest absolute Gasteiger partial charge is 0.243 e. The maximum atomic E-state index is 12.6. The van der Waals surface area contributed by atoms with Crippen LogP contribution in [0, 0.1) is 5.82 Å². The summed E-state index contributed by atoms with van der Waals surface area (Å²) in [4.78, 5) is 0.172. The minimum absolute atomic E-state index is 0.172. The molecule has 5 heteroatoms. The zero-order valence-electron chi connectivity index (χ0n) is 8.19. The average Bonchev–Trinajstić information content (AvgIpc) is 2.71. The van der Waals surface area contributed by atoms with E-state index in [1.807, 2.05) is 0 Å². The van der Waals surface area contributed by atoms with Crippen LogP contribution in [-0.4, -0.2) is 25.8 Å². The summed E-state index contributed by atoms with van der Waals surface area (Å²) < 4.78 is 38.0. The maximum absolute atomic E-state index is 12.6. The number of halogens is 1. The SMILES string of the molecule is O=S(=O)(c1ccc([18F])cc1)N1CCCC1. The van der Waals surface area contributed by atoms with Gasteiger partial charge in [0, 0.05) is 13.1 Å². The quantitative estimate of drug-likeness (QED) is 0.771. The average molecular weight is 228 g/mol. The fourth-order valence-electron chi connectivity index (χ4n) is 1.68. The van der Waals surface area contributed by atoms with Crippen molar-refractivity contribution in [3.8, 4) is 0 Å². The summed E-state index contributed by atoms with van der Waals surface area (Å²) in [6, 6.07) is 4.96. The zero-order valence-corrected chi connectivity index (χ0v) is 9.00. The molecule has 0 aromatic heterocycles. The van der Waals surface area contributed by atoms with Crippen molar-refractivity contribution < 1.29 is 12.8 Å². The van der Waals surface area contributed by atoms with Gasteiger partial charge in [-0.2, -0.15) is 4.31 Å². The molecule has 82 valence electrons. The van der Waals surface area contributed by atoms with Crippen LogP contribution >= 0.6 is 0 Å². The van der Waals surface area contributed by atoms with Crippen molar-refractivity contribution in [2.75, 3.05) is 13.1 Å². The van der Waals surface area contributed by atoms with Crippen molar-refractivity contribution in [3.63, 3.8) is 0 Å². The Kier molecular flexibility index (Phi) is 2.75. The predicted octanol–water partition coefficient (Wildman–Crippen LogP) is 1.61. The van der Waals surface area contributed by atoms with E-state index in [9.17, 15) is 12.8 Å². The lowest BCUT2D eigenvalue weighted by atomic mass is 10.3. The Morgan fingerprint density at radius 3 is 2.13 bits per heavy atom. The van der Waals surface area contributed by atoms with Crippen LogP contribution in [0.4, 0.5) is 4.39 Å². The maximum Gasteiger partial charge on any atom is 0.243 e. The van der Waals surface area contributed by atoms with Crippen LogP contribution in [-0.2, 0) is 10.0 Å². The molecule has 0 atom stereocenters. The fourth-order valence-corrected chi connectivity index (χ4v) is 3.20. The van der Waals surface area contributed by atoms with Gasteiger partial charge in [-0.25, -0.2) is 12.8 Å². The van der Waals surface area contributed by atoms with E-state index in [1.165, 1.54) is 28.6 Å². The molecule has 0 bridgehead atoms. The smallest absolute Gasteiger partial charge is 0.207 e. The Morgan fingerprint density at radius 1 is 1.07 bits per heavy atom. The van der Waals surface area contributed by atoms with Gasteiger partial charge in [-0.05, 0) is 37.1 Å². The Bertz CT molecular complexity index is 435. The molecule has 1 aromatic rings. The van der Waals surface area contributed by atoms with E-state index in [0.29, 0.717) is 13.1 Å². The highest BCUT2D eigenvalue weighted by Gasteiger charge is 2.26. The Morgan fingerprint density at radius 2 is 1.60 bits per heavy atom. The molecule has 0 N–H and O–H groups in total. The topological polar surface area (TPSA) is 37.4 Å². The van der Waals surface area contributed by atoms with Crippen molar-refractivity contribution >= 4 is 10.0 Å². The third-order valence-corrected chi connectivity index (χ3v) is 4.43. The van der Waals surface area contributed by atoms with Crippen LogP contribution in [0.5, 0.6) is 0 Å². The first-order chi connectivity index (χ1) is 7.10. The number of sulfonamides is 1. The van der Waals surface area contributed by atoms with Crippen LogP contribution < -0.4 is 0 Å². The normalized spacial score (nSPS) is 18.2. The van der Waals surface area contributed by atoms with Gasteiger partial charge in [-0.1, -0.05) is 0 Å². The van der Waals surface area contributed by atoms with Crippen LogP contribution in [0.1, 0.15) is 12.8 Å². The Hall–Kier alpha value is -0.940. The molecule has 1 fully saturated rings. The van der Waals surface area contributed by atoms with Gasteiger partial charge in [0.05, 0.1) is 4.90 Å². The molecule has 0 spiro atoms. The van der Waals surface area contributed by atoms with Gasteiger partial charge in [-0.3, -0.25) is 0 Å². The van der Waals surface area contributed by atoms with Crippen LogP contribution in [0.3, 0.4) is 0 Å². The molecule has 1 heterocycles. The van der Waals surface area contributed by atoms with Crippen LogP contribution in [0.2, 0.25) is 0 Å². The second-order valence-corrected chi connectivity index (χ2v) is 5.50. The van der Waals surface area contributed by atoms with Crippen LogP contribution in [0.25, 0.3) is 0 Å². The third-order valence-electron chi connectivity index (χ3n) is 2.52. The van der Waals surface area contributed by atoms with E-state index in [1.54, 1.807) is 0 Å². The van der Waals surface area contributed by atoms with E-state index in [-0.39, 0.29) is 4.90 Å². The number of benzene rings is 1. The molecule has 1 saturated heterocycles. The van der Waals surface area contributed by atoms with E-state index in [2.05, 4.69) is 0 Å². The number of hydrogen-bond acceptors (Lipinski definition) is 2. The lowest BCUT2D eigenvalue weighted by Gasteiger charge is -2.15. The summed E-state index contributed by atoms with van der Waals surface area (Å²) in [5.74, 6) is -0.421. The number of nitrogens with zero attached hydrogens (tertiary/aromatic N) is 1. The number of hydrogen-bond donors (Lipinski definition) is 0. The minimum Gasteiger partial charge on any atom is -0.207 e. The third kappa shape index (κ3) is 2.03. The van der Waals surface area contributed by atoms with Gasteiger partial charge in [-0.15, -0.1) is 0 Å². The first kappa shape index (κ1) is 10.6. The van der Waals surface area contributed by atoms with Gasteiger partial charge < -0.3 is 0 Å². The van der Waals surface area contributed by atoms with Crippen LogP contribution in [0.15, 0.2) is 29.2 Å². The highest BCUT2D eigenvalue weighted by molar-refractivity contribution is 7.89. The summed E-state index contributed by atoms with van der Waals surface area (Å²) in [6.07, 6.45) is 1.81. The molecule has 2 rings (SSSR count). The standard InChI is InChI=1S/C10H12FNO2S/c11-9-3-5-10(6-4-9)15(13,14)12-7-1-2-8-12/h3-6H,1-2,7-8H2/i11-1. The fraction of sp³-hybridized carbons (Fsp3) is 0.400. The lowest BCUT2D eigenvalue weighted by molar-refractivity contribution is 0.477. The molecule has 0 saturated carbocycles. The first-order valence-electron chi connectivity index (χ1n) is 4.86. The molecule has 1 aliphatic rings. The Balaban J connectivity index is 2.32. The van der Waals surface area contributed by atoms with Crippen molar-refractivity contribution in [3.05, 3.63) is 30.1 Å². The first-order valence-corrected chi connectivity index (χ1v) is 6.30. The molecule has 1 aliphatic heterocycles.